The molecule has 1 unspecified atom stereocenters. The van der Waals surface area contributed by atoms with Crippen LogP contribution in [-0.2, 0) is 15.0 Å². The molecule has 0 aliphatic carbocycles. The van der Waals surface area contributed by atoms with Crippen LogP contribution in [-0.4, -0.2) is 30.0 Å². The molecule has 0 aromatic heterocycles. The summed E-state index contributed by atoms with van der Waals surface area (Å²) in [5.41, 5.74) is 2.01. The maximum atomic E-state index is 11.4. The normalized spacial score (nSPS) is 12.6. The Balaban J connectivity index is 2.50. The van der Waals surface area contributed by atoms with Gasteiger partial charge in [0.1, 0.15) is 0 Å². The van der Waals surface area contributed by atoms with Gasteiger partial charge in [-0.15, -0.1) is 0 Å². The number of aliphatic hydroxyl groups excluding tert-OH is 1. The Hall–Kier alpha value is -1.88. The zero-order valence-electron chi connectivity index (χ0n) is 13.1. The molecule has 0 saturated carbocycles. The summed E-state index contributed by atoms with van der Waals surface area (Å²) in [7, 11) is 0. The van der Waals surface area contributed by atoms with Crippen molar-refractivity contribution in [3.8, 4) is 0 Å². The van der Waals surface area contributed by atoms with E-state index < -0.39 is 6.10 Å². The standard InChI is InChI=1S/C16H24N2O3/c1-11(19)17-10-15(21)18-9-14(20)12-5-7-13(8-6-12)16(2,3)4/h5-8,14,20H,9-10H2,1-4H3,(H,17,19)(H,18,21). The van der Waals surface area contributed by atoms with Crippen molar-refractivity contribution in [1.82, 2.24) is 10.6 Å². The fraction of sp³-hybridized carbons (Fsp3) is 0.500. The van der Waals surface area contributed by atoms with Crippen LogP contribution in [0.1, 0.15) is 44.9 Å². The van der Waals surface area contributed by atoms with Gasteiger partial charge in [-0.3, -0.25) is 9.59 Å². The van der Waals surface area contributed by atoms with Gasteiger partial charge in [0, 0.05) is 13.5 Å². The van der Waals surface area contributed by atoms with Crippen molar-refractivity contribution >= 4 is 11.8 Å². The van der Waals surface area contributed by atoms with Gasteiger partial charge in [-0.1, -0.05) is 45.0 Å². The molecule has 1 aromatic carbocycles. The molecule has 21 heavy (non-hydrogen) atoms. The summed E-state index contributed by atoms with van der Waals surface area (Å²) in [6.45, 7) is 7.76. The third-order valence-electron chi connectivity index (χ3n) is 3.15. The molecule has 0 aliphatic heterocycles. The zero-order chi connectivity index (χ0) is 16.0. The van der Waals surface area contributed by atoms with E-state index in [0.29, 0.717) is 0 Å². The van der Waals surface area contributed by atoms with E-state index in [1.807, 2.05) is 24.3 Å². The number of aliphatic hydroxyl groups is 1. The van der Waals surface area contributed by atoms with E-state index in [2.05, 4.69) is 31.4 Å². The number of hydrogen-bond acceptors (Lipinski definition) is 3. The first-order chi connectivity index (χ1) is 9.70. The zero-order valence-corrected chi connectivity index (χ0v) is 13.1. The number of nitrogens with one attached hydrogen (secondary N) is 2. The van der Waals surface area contributed by atoms with Crippen LogP contribution in [0.25, 0.3) is 0 Å². The van der Waals surface area contributed by atoms with Crippen molar-refractivity contribution in [2.45, 2.75) is 39.2 Å². The van der Waals surface area contributed by atoms with Gasteiger partial charge in [0.25, 0.3) is 0 Å². The highest BCUT2D eigenvalue weighted by molar-refractivity contribution is 5.83. The fourth-order valence-electron chi connectivity index (χ4n) is 1.80. The third kappa shape index (κ3) is 5.95. The lowest BCUT2D eigenvalue weighted by Crippen LogP contribution is -2.37. The summed E-state index contributed by atoms with van der Waals surface area (Å²) in [6.07, 6.45) is -0.764. The number of amides is 2. The van der Waals surface area contributed by atoms with Gasteiger partial charge in [-0.05, 0) is 16.5 Å². The molecule has 0 aliphatic rings. The molecule has 0 saturated heterocycles. The number of hydrogen-bond donors (Lipinski definition) is 3. The molecule has 0 bridgehead atoms. The summed E-state index contributed by atoms with van der Waals surface area (Å²) in [6, 6.07) is 7.70. The molecule has 0 radical (unpaired) electrons. The SMILES string of the molecule is CC(=O)NCC(=O)NCC(O)c1ccc(C(C)(C)C)cc1. The predicted molar refractivity (Wildman–Crippen MR) is 81.8 cm³/mol. The smallest absolute Gasteiger partial charge is 0.239 e. The minimum absolute atomic E-state index is 0.0655. The number of benzene rings is 1. The average molecular weight is 292 g/mol. The van der Waals surface area contributed by atoms with E-state index in [9.17, 15) is 14.7 Å². The topological polar surface area (TPSA) is 78.4 Å². The number of carbonyl (C=O) groups excluding carboxylic acids is 2. The second kappa shape index (κ2) is 7.22. The first-order valence-electron chi connectivity index (χ1n) is 7.00. The van der Waals surface area contributed by atoms with Gasteiger partial charge in [0.05, 0.1) is 12.6 Å². The monoisotopic (exact) mass is 292 g/mol. The van der Waals surface area contributed by atoms with Crippen LogP contribution in [0.15, 0.2) is 24.3 Å². The first kappa shape index (κ1) is 17.2. The van der Waals surface area contributed by atoms with Crippen LogP contribution in [0, 0.1) is 0 Å². The molecule has 0 heterocycles. The molecule has 1 rings (SSSR count). The van der Waals surface area contributed by atoms with Crippen LogP contribution in [0.3, 0.4) is 0 Å². The largest absolute Gasteiger partial charge is 0.387 e. The summed E-state index contributed by atoms with van der Waals surface area (Å²) < 4.78 is 0. The highest BCUT2D eigenvalue weighted by Gasteiger charge is 2.15. The highest BCUT2D eigenvalue weighted by atomic mass is 16.3. The molecule has 0 fully saturated rings. The third-order valence-corrected chi connectivity index (χ3v) is 3.15. The lowest BCUT2D eigenvalue weighted by Gasteiger charge is -2.20. The summed E-state index contributed by atoms with van der Waals surface area (Å²) in [4.78, 5) is 22.1. The Bertz CT molecular complexity index is 489. The quantitative estimate of drug-likeness (QED) is 0.764. The molecule has 1 atom stereocenters. The molecule has 5 heteroatoms. The van der Waals surface area contributed by atoms with E-state index in [1.54, 1.807) is 0 Å². The lowest BCUT2D eigenvalue weighted by molar-refractivity contribution is -0.125. The first-order valence-corrected chi connectivity index (χ1v) is 7.00. The minimum Gasteiger partial charge on any atom is -0.387 e. The summed E-state index contributed by atoms with van der Waals surface area (Å²) in [5, 5.41) is 15.0. The predicted octanol–water partition coefficient (Wildman–Crippen LogP) is 1.27. The summed E-state index contributed by atoms with van der Waals surface area (Å²) >= 11 is 0. The summed E-state index contributed by atoms with van der Waals surface area (Å²) in [5.74, 6) is -0.584. The average Bonchev–Trinajstić information content (AvgIpc) is 2.41. The van der Waals surface area contributed by atoms with Gasteiger partial charge >= 0.3 is 0 Å². The van der Waals surface area contributed by atoms with Gasteiger partial charge in [0.2, 0.25) is 11.8 Å². The number of rotatable bonds is 5. The van der Waals surface area contributed by atoms with Crippen molar-refractivity contribution in [3.05, 3.63) is 35.4 Å². The van der Waals surface area contributed by atoms with Gasteiger partial charge in [-0.25, -0.2) is 0 Å². The Kier molecular flexibility index (Phi) is 5.90. The van der Waals surface area contributed by atoms with Crippen LogP contribution in [0.2, 0.25) is 0 Å². The maximum Gasteiger partial charge on any atom is 0.239 e. The Morgan fingerprint density at radius 2 is 1.71 bits per heavy atom. The molecule has 1 aromatic rings. The maximum absolute atomic E-state index is 11.4. The molecular weight excluding hydrogens is 268 g/mol. The van der Waals surface area contributed by atoms with Crippen LogP contribution < -0.4 is 10.6 Å². The van der Waals surface area contributed by atoms with Crippen LogP contribution in [0.4, 0.5) is 0 Å². The molecular formula is C16H24N2O3. The molecule has 2 amide bonds. The Labute approximate surface area is 125 Å². The Morgan fingerprint density at radius 1 is 1.14 bits per heavy atom. The van der Waals surface area contributed by atoms with Crippen LogP contribution in [0.5, 0.6) is 0 Å². The Morgan fingerprint density at radius 3 is 2.19 bits per heavy atom. The second-order valence-electron chi connectivity index (χ2n) is 6.10. The number of carbonyl (C=O) groups is 2. The van der Waals surface area contributed by atoms with Crippen molar-refractivity contribution < 1.29 is 14.7 Å². The second-order valence-corrected chi connectivity index (χ2v) is 6.10. The van der Waals surface area contributed by atoms with Gasteiger partial charge in [-0.2, -0.15) is 0 Å². The minimum atomic E-state index is -0.764. The highest BCUT2D eigenvalue weighted by Crippen LogP contribution is 2.23. The van der Waals surface area contributed by atoms with E-state index in [0.717, 1.165) is 5.56 Å². The van der Waals surface area contributed by atoms with Crippen molar-refractivity contribution in [2.75, 3.05) is 13.1 Å². The van der Waals surface area contributed by atoms with E-state index in [-0.39, 0.29) is 30.3 Å². The molecule has 0 spiro atoms. The van der Waals surface area contributed by atoms with E-state index in [1.165, 1.54) is 12.5 Å². The lowest BCUT2D eigenvalue weighted by atomic mass is 9.86. The van der Waals surface area contributed by atoms with E-state index in [4.69, 9.17) is 0 Å². The van der Waals surface area contributed by atoms with Gasteiger partial charge in [0.15, 0.2) is 0 Å². The molecule has 3 N–H and O–H groups in total. The molecule has 116 valence electrons. The van der Waals surface area contributed by atoms with Gasteiger partial charge < -0.3 is 15.7 Å². The fourth-order valence-corrected chi connectivity index (χ4v) is 1.80. The van der Waals surface area contributed by atoms with Crippen molar-refractivity contribution in [3.63, 3.8) is 0 Å². The van der Waals surface area contributed by atoms with Crippen molar-refractivity contribution in [1.29, 1.82) is 0 Å². The van der Waals surface area contributed by atoms with Crippen LogP contribution >= 0.6 is 0 Å². The molecule has 5 nitrogen and oxygen atoms in total. The van der Waals surface area contributed by atoms with E-state index >= 15 is 0 Å². The van der Waals surface area contributed by atoms with Crippen molar-refractivity contribution in [2.24, 2.45) is 0 Å².